The van der Waals surface area contributed by atoms with Crippen LogP contribution in [0.25, 0.3) is 10.8 Å². The number of nitrogens with zero attached hydrogens (tertiary/aromatic N) is 2. The molecule has 36 heavy (non-hydrogen) atoms. The van der Waals surface area contributed by atoms with Crippen molar-refractivity contribution in [2.24, 2.45) is 0 Å². The van der Waals surface area contributed by atoms with Crippen molar-refractivity contribution < 1.29 is 23.9 Å². The molecule has 2 saturated heterocycles. The van der Waals surface area contributed by atoms with E-state index in [9.17, 15) is 14.4 Å². The standard InChI is InChI=1S/C28H29N3O5/c1-28(20-11-10-18-7-4-5-8-19(18)15-20)26(33)31(27(34)29-28)17-25(32)30-14-6-9-23(30)22-13-12-21(35-2)16-24(22)36-3/h4-5,7-8,10-13,15-16,23H,6,9,14,17H2,1-3H3,(H,29,34)/t23-,28-/m1/s1. The Hall–Kier alpha value is -4.07. The minimum Gasteiger partial charge on any atom is -0.497 e. The first-order valence-corrected chi connectivity index (χ1v) is 12.0. The van der Waals surface area contributed by atoms with Crippen LogP contribution in [0.3, 0.4) is 0 Å². The Bertz CT molecular complexity index is 1360. The molecule has 0 bridgehead atoms. The number of carbonyl (C=O) groups is 3. The van der Waals surface area contributed by atoms with Gasteiger partial charge in [-0.3, -0.25) is 14.5 Å². The summed E-state index contributed by atoms with van der Waals surface area (Å²) < 4.78 is 10.8. The number of methoxy groups -OCH3 is 2. The molecule has 3 aromatic carbocycles. The molecule has 0 radical (unpaired) electrons. The van der Waals surface area contributed by atoms with Crippen molar-refractivity contribution >= 4 is 28.6 Å². The van der Waals surface area contributed by atoms with E-state index in [1.54, 1.807) is 32.1 Å². The average molecular weight is 488 g/mol. The Labute approximate surface area is 209 Å². The third kappa shape index (κ3) is 3.92. The number of rotatable bonds is 6. The first-order chi connectivity index (χ1) is 17.4. The Balaban J connectivity index is 1.37. The molecule has 1 N–H and O–H groups in total. The molecular formula is C28H29N3O5. The van der Waals surface area contributed by atoms with E-state index in [2.05, 4.69) is 5.32 Å². The summed E-state index contributed by atoms with van der Waals surface area (Å²) >= 11 is 0. The second-order valence-corrected chi connectivity index (χ2v) is 9.36. The molecule has 0 aliphatic carbocycles. The summed E-state index contributed by atoms with van der Waals surface area (Å²) in [7, 11) is 3.17. The summed E-state index contributed by atoms with van der Waals surface area (Å²) in [4.78, 5) is 42.6. The highest BCUT2D eigenvalue weighted by Gasteiger charge is 2.50. The second-order valence-electron chi connectivity index (χ2n) is 9.36. The van der Waals surface area contributed by atoms with Gasteiger partial charge in [0.15, 0.2) is 0 Å². The zero-order chi connectivity index (χ0) is 25.4. The summed E-state index contributed by atoms with van der Waals surface area (Å²) in [6.07, 6.45) is 1.59. The number of likely N-dealkylation sites (tertiary alicyclic amines) is 1. The molecule has 2 aliphatic heterocycles. The number of hydrogen-bond donors (Lipinski definition) is 1. The molecule has 8 heteroatoms. The molecule has 186 valence electrons. The smallest absolute Gasteiger partial charge is 0.325 e. The lowest BCUT2D eigenvalue weighted by Crippen LogP contribution is -2.44. The number of amides is 4. The van der Waals surface area contributed by atoms with Crippen LogP contribution in [0, 0.1) is 0 Å². The van der Waals surface area contributed by atoms with Crippen LogP contribution in [0.1, 0.15) is 36.9 Å². The van der Waals surface area contributed by atoms with Crippen LogP contribution in [0.2, 0.25) is 0 Å². The van der Waals surface area contributed by atoms with Gasteiger partial charge in [0.25, 0.3) is 5.91 Å². The first-order valence-electron chi connectivity index (χ1n) is 12.0. The maximum atomic E-state index is 13.5. The van der Waals surface area contributed by atoms with Gasteiger partial charge >= 0.3 is 6.03 Å². The summed E-state index contributed by atoms with van der Waals surface area (Å²) in [5, 5.41) is 4.83. The van der Waals surface area contributed by atoms with E-state index in [-0.39, 0.29) is 18.5 Å². The van der Waals surface area contributed by atoms with Gasteiger partial charge in [-0.05, 0) is 54.3 Å². The lowest BCUT2D eigenvalue weighted by Gasteiger charge is -2.28. The molecule has 3 aromatic rings. The van der Waals surface area contributed by atoms with Gasteiger partial charge in [-0.15, -0.1) is 0 Å². The fourth-order valence-electron chi connectivity index (χ4n) is 5.24. The van der Waals surface area contributed by atoms with Gasteiger partial charge in [0.2, 0.25) is 5.91 Å². The molecule has 4 amide bonds. The van der Waals surface area contributed by atoms with Crippen LogP contribution in [0.5, 0.6) is 11.5 Å². The molecule has 2 atom stereocenters. The van der Waals surface area contributed by atoms with E-state index in [1.807, 2.05) is 54.6 Å². The maximum Gasteiger partial charge on any atom is 0.325 e. The highest BCUT2D eigenvalue weighted by atomic mass is 16.5. The molecule has 0 aromatic heterocycles. The lowest BCUT2D eigenvalue weighted by atomic mass is 9.90. The van der Waals surface area contributed by atoms with Crippen molar-refractivity contribution in [2.45, 2.75) is 31.3 Å². The predicted molar refractivity (Wildman–Crippen MR) is 135 cm³/mol. The van der Waals surface area contributed by atoms with Crippen molar-refractivity contribution in [1.82, 2.24) is 15.1 Å². The Kier molecular flexibility index (Phi) is 6.04. The summed E-state index contributed by atoms with van der Waals surface area (Å²) in [5.41, 5.74) is 0.309. The van der Waals surface area contributed by atoms with E-state index in [4.69, 9.17) is 9.47 Å². The Morgan fingerprint density at radius 1 is 1.03 bits per heavy atom. The van der Waals surface area contributed by atoms with Gasteiger partial charge < -0.3 is 19.7 Å². The number of fused-ring (bicyclic) bond motifs is 1. The molecule has 2 aliphatic rings. The third-order valence-electron chi connectivity index (χ3n) is 7.27. The maximum absolute atomic E-state index is 13.5. The number of carbonyl (C=O) groups excluding carboxylic acids is 3. The van der Waals surface area contributed by atoms with Crippen molar-refractivity contribution in [3.63, 3.8) is 0 Å². The minimum atomic E-state index is -1.25. The van der Waals surface area contributed by atoms with Crippen molar-refractivity contribution in [3.05, 3.63) is 71.8 Å². The van der Waals surface area contributed by atoms with Crippen LogP contribution >= 0.6 is 0 Å². The first kappa shape index (κ1) is 23.7. The quantitative estimate of drug-likeness (QED) is 0.532. The largest absolute Gasteiger partial charge is 0.497 e. The van der Waals surface area contributed by atoms with Crippen molar-refractivity contribution in [2.75, 3.05) is 27.3 Å². The Morgan fingerprint density at radius 3 is 2.56 bits per heavy atom. The number of imide groups is 1. The number of hydrogen-bond acceptors (Lipinski definition) is 5. The summed E-state index contributed by atoms with van der Waals surface area (Å²) in [6, 6.07) is 18.3. The molecule has 8 nitrogen and oxygen atoms in total. The number of nitrogens with one attached hydrogen (secondary N) is 1. The highest BCUT2D eigenvalue weighted by molar-refractivity contribution is 6.09. The number of urea groups is 1. The zero-order valence-corrected chi connectivity index (χ0v) is 20.6. The monoisotopic (exact) mass is 487 g/mol. The van der Waals surface area contributed by atoms with Gasteiger partial charge in [0, 0.05) is 18.2 Å². The molecule has 0 spiro atoms. The van der Waals surface area contributed by atoms with Gasteiger partial charge in [-0.25, -0.2) is 4.79 Å². The fourth-order valence-corrected chi connectivity index (χ4v) is 5.24. The van der Waals surface area contributed by atoms with Crippen LogP contribution in [0.4, 0.5) is 4.79 Å². The fraction of sp³-hybridized carbons (Fsp3) is 0.321. The lowest BCUT2D eigenvalue weighted by molar-refractivity contribution is -0.139. The Morgan fingerprint density at radius 2 is 1.81 bits per heavy atom. The van der Waals surface area contributed by atoms with E-state index in [0.717, 1.165) is 34.1 Å². The van der Waals surface area contributed by atoms with Gasteiger partial charge in [-0.2, -0.15) is 0 Å². The molecule has 0 unspecified atom stereocenters. The summed E-state index contributed by atoms with van der Waals surface area (Å²) in [6.45, 7) is 1.91. The SMILES string of the molecule is COc1ccc([C@H]2CCCN2C(=O)CN2C(=O)N[C@](C)(c3ccc4ccccc4c3)C2=O)c(OC)c1. The normalized spacial score (nSPS) is 21.7. The molecule has 0 saturated carbocycles. The number of ether oxygens (including phenoxy) is 2. The van der Waals surface area contributed by atoms with E-state index in [0.29, 0.717) is 23.6 Å². The van der Waals surface area contributed by atoms with Crippen LogP contribution in [-0.2, 0) is 15.1 Å². The molecule has 5 rings (SSSR count). The minimum absolute atomic E-state index is 0.203. The molecular weight excluding hydrogens is 458 g/mol. The van der Waals surface area contributed by atoms with E-state index < -0.39 is 17.5 Å². The summed E-state index contributed by atoms with van der Waals surface area (Å²) in [5.74, 6) is 0.590. The van der Waals surface area contributed by atoms with E-state index in [1.165, 1.54) is 0 Å². The van der Waals surface area contributed by atoms with Crippen molar-refractivity contribution in [1.29, 1.82) is 0 Å². The second kappa shape index (κ2) is 9.18. The third-order valence-corrected chi connectivity index (χ3v) is 7.27. The van der Waals surface area contributed by atoms with Crippen LogP contribution in [0.15, 0.2) is 60.7 Å². The molecule has 2 heterocycles. The van der Waals surface area contributed by atoms with Gasteiger partial charge in [0.1, 0.15) is 23.6 Å². The number of benzene rings is 3. The van der Waals surface area contributed by atoms with Crippen molar-refractivity contribution in [3.8, 4) is 11.5 Å². The van der Waals surface area contributed by atoms with Crippen LogP contribution in [-0.4, -0.2) is 55.0 Å². The predicted octanol–water partition coefficient (Wildman–Crippen LogP) is 3.99. The molecule has 2 fully saturated rings. The average Bonchev–Trinajstić information content (AvgIpc) is 3.47. The van der Waals surface area contributed by atoms with Crippen LogP contribution < -0.4 is 14.8 Å². The topological polar surface area (TPSA) is 88.2 Å². The van der Waals surface area contributed by atoms with Gasteiger partial charge in [0.05, 0.1) is 20.3 Å². The van der Waals surface area contributed by atoms with Gasteiger partial charge in [-0.1, -0.05) is 36.4 Å². The zero-order valence-electron chi connectivity index (χ0n) is 20.6. The highest BCUT2D eigenvalue weighted by Crippen LogP contribution is 2.39. The van der Waals surface area contributed by atoms with E-state index >= 15 is 0 Å².